The standard InChI is InChI=1S/C20H23N/c1-12-9-18-16-7-3-5-14(16)10-21-11-15-6-4-8-17(15)19(13(12)2)20(18)21/h3-4,7-9,14-17H,5-6,10-11H2,1-2H3/t14-,15+,16+,17+/m0/s1. The molecule has 1 heteroatoms. The zero-order valence-electron chi connectivity index (χ0n) is 13.0. The van der Waals surface area contributed by atoms with Crippen molar-refractivity contribution >= 4 is 5.69 Å². The minimum atomic E-state index is 0.677. The molecular weight excluding hydrogens is 254 g/mol. The van der Waals surface area contributed by atoms with Crippen LogP contribution in [0.4, 0.5) is 5.69 Å². The van der Waals surface area contributed by atoms with Gasteiger partial charge in [0, 0.05) is 30.6 Å². The van der Waals surface area contributed by atoms with Crippen molar-refractivity contribution in [3.05, 3.63) is 52.6 Å². The van der Waals surface area contributed by atoms with E-state index >= 15 is 0 Å². The predicted molar refractivity (Wildman–Crippen MR) is 88.1 cm³/mol. The second-order valence-corrected chi connectivity index (χ2v) is 7.47. The summed E-state index contributed by atoms with van der Waals surface area (Å²) in [6, 6.07) is 2.49. The smallest absolute Gasteiger partial charge is 0.0446 e. The van der Waals surface area contributed by atoms with E-state index in [0.29, 0.717) is 11.8 Å². The minimum absolute atomic E-state index is 0.677. The van der Waals surface area contributed by atoms with Gasteiger partial charge in [0.15, 0.2) is 0 Å². The molecule has 2 heterocycles. The summed E-state index contributed by atoms with van der Waals surface area (Å²) in [5, 5.41) is 0. The Kier molecular flexibility index (Phi) is 2.32. The molecule has 1 nitrogen and oxygen atoms in total. The second-order valence-electron chi connectivity index (χ2n) is 7.47. The molecule has 0 spiro atoms. The van der Waals surface area contributed by atoms with Crippen LogP contribution in [0.15, 0.2) is 30.4 Å². The van der Waals surface area contributed by atoms with Crippen molar-refractivity contribution in [1.29, 1.82) is 0 Å². The molecule has 1 aromatic rings. The lowest BCUT2D eigenvalue weighted by Crippen LogP contribution is -2.44. The largest absolute Gasteiger partial charge is 0.370 e. The average Bonchev–Trinajstić information content (AvgIpc) is 3.11. The van der Waals surface area contributed by atoms with Crippen LogP contribution in [0.25, 0.3) is 0 Å². The first-order valence-electron chi connectivity index (χ1n) is 8.46. The highest BCUT2D eigenvalue weighted by Gasteiger charge is 2.42. The molecule has 0 amide bonds. The maximum Gasteiger partial charge on any atom is 0.0446 e. The van der Waals surface area contributed by atoms with Gasteiger partial charge in [-0.15, -0.1) is 0 Å². The van der Waals surface area contributed by atoms with Crippen LogP contribution in [-0.2, 0) is 0 Å². The van der Waals surface area contributed by atoms with E-state index in [1.165, 1.54) is 31.5 Å². The zero-order valence-corrected chi connectivity index (χ0v) is 13.0. The Bertz CT molecular complexity index is 680. The fourth-order valence-corrected chi connectivity index (χ4v) is 5.27. The first-order valence-corrected chi connectivity index (χ1v) is 8.46. The lowest BCUT2D eigenvalue weighted by atomic mass is 9.73. The van der Waals surface area contributed by atoms with Gasteiger partial charge in [-0.25, -0.2) is 0 Å². The van der Waals surface area contributed by atoms with Crippen LogP contribution in [-0.4, -0.2) is 13.1 Å². The Hall–Kier alpha value is -1.50. The van der Waals surface area contributed by atoms with Crippen molar-refractivity contribution in [2.45, 2.75) is 38.5 Å². The highest BCUT2D eigenvalue weighted by Crippen LogP contribution is 2.54. The second kappa shape index (κ2) is 4.03. The Morgan fingerprint density at radius 2 is 1.62 bits per heavy atom. The van der Waals surface area contributed by atoms with Crippen molar-refractivity contribution in [2.24, 2.45) is 11.8 Å². The number of aryl methyl sites for hydroxylation is 1. The lowest BCUT2D eigenvalue weighted by molar-refractivity contribution is 0.409. The predicted octanol–water partition coefficient (Wildman–Crippen LogP) is 4.46. The molecule has 108 valence electrons. The van der Waals surface area contributed by atoms with Crippen molar-refractivity contribution < 1.29 is 0 Å². The Morgan fingerprint density at radius 3 is 2.38 bits per heavy atom. The van der Waals surface area contributed by atoms with Crippen molar-refractivity contribution in [3.63, 3.8) is 0 Å². The van der Waals surface area contributed by atoms with E-state index in [2.05, 4.69) is 49.1 Å². The molecule has 0 saturated carbocycles. The molecular formula is C20H23N. The summed E-state index contributed by atoms with van der Waals surface area (Å²) in [4.78, 5) is 2.74. The summed E-state index contributed by atoms with van der Waals surface area (Å²) in [6.45, 7) is 7.18. The van der Waals surface area contributed by atoms with E-state index in [1.807, 2.05) is 0 Å². The molecule has 0 aromatic heterocycles. The molecule has 0 N–H and O–H groups in total. The number of nitrogens with zero attached hydrogens (tertiary/aromatic N) is 1. The molecule has 5 rings (SSSR count). The fraction of sp³-hybridized carbons (Fsp3) is 0.500. The van der Waals surface area contributed by atoms with E-state index in [0.717, 1.165) is 11.8 Å². The van der Waals surface area contributed by atoms with Gasteiger partial charge in [0.05, 0.1) is 0 Å². The number of fused-ring (bicyclic) bond motifs is 4. The molecule has 0 unspecified atom stereocenters. The number of benzene rings is 1. The molecule has 0 bridgehead atoms. The lowest BCUT2D eigenvalue weighted by Gasteiger charge is -2.47. The SMILES string of the molecule is Cc1cc2c3c(c1C)[C@@H]1C=CC[C@@H]1CN3C[C@@H]1CC=C[C@@H]21. The van der Waals surface area contributed by atoms with E-state index < -0.39 is 0 Å². The first kappa shape index (κ1) is 12.1. The molecule has 2 aliphatic carbocycles. The van der Waals surface area contributed by atoms with Crippen LogP contribution in [0, 0.1) is 25.7 Å². The van der Waals surface area contributed by atoms with Crippen LogP contribution in [0.5, 0.6) is 0 Å². The molecule has 4 aliphatic rings. The quantitative estimate of drug-likeness (QED) is 0.633. The van der Waals surface area contributed by atoms with Crippen LogP contribution in [0.3, 0.4) is 0 Å². The molecule has 1 aromatic carbocycles. The maximum absolute atomic E-state index is 2.74. The Morgan fingerprint density at radius 1 is 0.952 bits per heavy atom. The maximum atomic E-state index is 2.74. The van der Waals surface area contributed by atoms with Crippen molar-refractivity contribution in [1.82, 2.24) is 0 Å². The molecule has 2 aliphatic heterocycles. The third-order valence-corrected chi connectivity index (χ3v) is 6.39. The van der Waals surface area contributed by atoms with Gasteiger partial charge in [0.2, 0.25) is 0 Å². The number of allylic oxidation sites excluding steroid dienone is 4. The number of hydrogen-bond donors (Lipinski definition) is 0. The molecule has 4 atom stereocenters. The Balaban J connectivity index is 1.80. The number of rotatable bonds is 0. The van der Waals surface area contributed by atoms with E-state index in [1.54, 1.807) is 22.4 Å². The topological polar surface area (TPSA) is 3.24 Å². The fourth-order valence-electron chi connectivity index (χ4n) is 5.27. The normalized spacial score (nSPS) is 34.9. The van der Waals surface area contributed by atoms with E-state index in [-0.39, 0.29) is 0 Å². The van der Waals surface area contributed by atoms with Gasteiger partial charge >= 0.3 is 0 Å². The van der Waals surface area contributed by atoms with Gasteiger partial charge in [-0.1, -0.05) is 30.4 Å². The van der Waals surface area contributed by atoms with E-state index in [9.17, 15) is 0 Å². The third-order valence-electron chi connectivity index (χ3n) is 6.39. The summed E-state index contributed by atoms with van der Waals surface area (Å²) in [5.74, 6) is 2.99. The molecule has 0 saturated heterocycles. The van der Waals surface area contributed by atoms with E-state index in [4.69, 9.17) is 0 Å². The van der Waals surface area contributed by atoms with Crippen LogP contribution < -0.4 is 4.90 Å². The van der Waals surface area contributed by atoms with Gasteiger partial charge in [0.1, 0.15) is 0 Å². The van der Waals surface area contributed by atoms with Crippen molar-refractivity contribution in [2.75, 3.05) is 18.0 Å². The molecule has 21 heavy (non-hydrogen) atoms. The highest BCUT2D eigenvalue weighted by molar-refractivity contribution is 5.71. The molecule has 0 radical (unpaired) electrons. The highest BCUT2D eigenvalue weighted by atomic mass is 15.2. The number of anilines is 1. The van der Waals surface area contributed by atoms with Gasteiger partial charge in [-0.3, -0.25) is 0 Å². The monoisotopic (exact) mass is 277 g/mol. The average molecular weight is 277 g/mol. The van der Waals surface area contributed by atoms with Gasteiger partial charge in [-0.2, -0.15) is 0 Å². The van der Waals surface area contributed by atoms with Crippen LogP contribution in [0.1, 0.15) is 46.9 Å². The summed E-state index contributed by atoms with van der Waals surface area (Å²) in [5.41, 5.74) is 7.93. The van der Waals surface area contributed by atoms with Gasteiger partial charge in [0.25, 0.3) is 0 Å². The van der Waals surface area contributed by atoms with Crippen molar-refractivity contribution in [3.8, 4) is 0 Å². The van der Waals surface area contributed by atoms with Crippen LogP contribution >= 0.6 is 0 Å². The van der Waals surface area contributed by atoms with Gasteiger partial charge in [-0.05, 0) is 60.8 Å². The summed E-state index contributed by atoms with van der Waals surface area (Å²) in [7, 11) is 0. The molecule has 0 fully saturated rings. The summed E-state index contributed by atoms with van der Waals surface area (Å²) >= 11 is 0. The summed E-state index contributed by atoms with van der Waals surface area (Å²) < 4.78 is 0. The third kappa shape index (κ3) is 1.47. The summed E-state index contributed by atoms with van der Waals surface area (Å²) in [6.07, 6.45) is 12.3. The minimum Gasteiger partial charge on any atom is -0.370 e. The van der Waals surface area contributed by atoms with Gasteiger partial charge < -0.3 is 4.90 Å². The first-order chi connectivity index (χ1) is 10.2. The van der Waals surface area contributed by atoms with Crippen LogP contribution in [0.2, 0.25) is 0 Å². The Labute approximate surface area is 127 Å². The zero-order chi connectivity index (χ0) is 14.1. The number of hydrogen-bond acceptors (Lipinski definition) is 1.